The van der Waals surface area contributed by atoms with Crippen LogP contribution in [-0.4, -0.2) is 27.4 Å². The minimum Gasteiger partial charge on any atom is -0.356 e. The highest BCUT2D eigenvalue weighted by molar-refractivity contribution is 5.98. The highest BCUT2D eigenvalue weighted by atomic mass is 19.1. The first-order valence-electron chi connectivity index (χ1n) is 10.6. The molecule has 0 radical (unpaired) electrons. The molecule has 30 heavy (non-hydrogen) atoms. The number of aromatic amines is 1. The van der Waals surface area contributed by atoms with Crippen LogP contribution in [0.25, 0.3) is 22.8 Å². The van der Waals surface area contributed by atoms with Gasteiger partial charge < -0.3 is 10.3 Å². The topological polar surface area (TPSA) is 70.7 Å². The van der Waals surface area contributed by atoms with E-state index in [4.69, 9.17) is 0 Å². The van der Waals surface area contributed by atoms with Crippen molar-refractivity contribution in [2.75, 3.05) is 6.54 Å². The summed E-state index contributed by atoms with van der Waals surface area (Å²) in [5.74, 6) is 0.303. The zero-order valence-electron chi connectivity index (χ0n) is 17.3. The number of aromatic nitrogens is 3. The lowest BCUT2D eigenvalue weighted by atomic mass is 9.78. The lowest BCUT2D eigenvalue weighted by molar-refractivity contribution is 0.0924. The molecule has 2 aromatic heterocycles. The number of nitrogens with one attached hydrogen (secondary N) is 2. The minimum atomic E-state index is -0.244. The van der Waals surface area contributed by atoms with Crippen LogP contribution in [0.2, 0.25) is 0 Å². The molecule has 3 heterocycles. The fourth-order valence-corrected chi connectivity index (χ4v) is 4.88. The molecule has 1 fully saturated rings. The van der Waals surface area contributed by atoms with Gasteiger partial charge in [0.15, 0.2) is 5.82 Å². The smallest absolute Gasteiger partial charge is 0.253 e. The first-order valence-corrected chi connectivity index (χ1v) is 10.6. The van der Waals surface area contributed by atoms with Gasteiger partial charge in [-0.2, -0.15) is 0 Å². The molecule has 1 aromatic carbocycles. The molecule has 1 aliphatic heterocycles. The normalized spacial score (nSPS) is 17.4. The summed E-state index contributed by atoms with van der Waals surface area (Å²) in [4.78, 5) is 25.0. The molecule has 5 rings (SSSR count). The summed E-state index contributed by atoms with van der Waals surface area (Å²) in [5.41, 5.74) is 4.57. The van der Waals surface area contributed by atoms with Crippen molar-refractivity contribution >= 4 is 5.91 Å². The molecule has 1 aliphatic carbocycles. The summed E-state index contributed by atoms with van der Waals surface area (Å²) in [6.07, 6.45) is 6.20. The van der Waals surface area contributed by atoms with Gasteiger partial charge in [0.25, 0.3) is 5.91 Å². The molecule has 1 saturated carbocycles. The predicted molar refractivity (Wildman–Crippen MR) is 114 cm³/mol. The SMILES string of the molecule is CC(C)c1ccc(-c2nccc(-c3cc4c([nH]3)C3(CCCC3)CNC4=O)n2)cc1F. The second kappa shape index (κ2) is 7.04. The Hall–Kier alpha value is -3.02. The lowest BCUT2D eigenvalue weighted by Gasteiger charge is -2.33. The number of amides is 1. The van der Waals surface area contributed by atoms with Gasteiger partial charge in [0.1, 0.15) is 5.82 Å². The third kappa shape index (κ3) is 3.02. The largest absolute Gasteiger partial charge is 0.356 e. The molecule has 2 aliphatic rings. The van der Waals surface area contributed by atoms with Crippen molar-refractivity contribution in [1.29, 1.82) is 0 Å². The average Bonchev–Trinajstić information content (AvgIpc) is 3.40. The molecule has 2 N–H and O–H groups in total. The van der Waals surface area contributed by atoms with E-state index < -0.39 is 0 Å². The molecule has 1 amide bonds. The Balaban J connectivity index is 1.54. The zero-order chi connectivity index (χ0) is 20.9. The van der Waals surface area contributed by atoms with E-state index >= 15 is 0 Å². The van der Waals surface area contributed by atoms with Gasteiger partial charge >= 0.3 is 0 Å². The number of halogens is 1. The van der Waals surface area contributed by atoms with E-state index in [1.165, 1.54) is 18.9 Å². The maximum absolute atomic E-state index is 14.5. The number of hydrogen-bond acceptors (Lipinski definition) is 3. The molecule has 0 bridgehead atoms. The number of carbonyl (C=O) groups excluding carboxylic acids is 1. The molecule has 0 saturated heterocycles. The molecule has 6 heteroatoms. The van der Waals surface area contributed by atoms with E-state index in [1.54, 1.807) is 12.3 Å². The van der Waals surface area contributed by atoms with Gasteiger partial charge in [0, 0.05) is 29.4 Å². The minimum absolute atomic E-state index is 0.00710. The van der Waals surface area contributed by atoms with Crippen LogP contribution in [0.15, 0.2) is 36.5 Å². The molecule has 154 valence electrons. The van der Waals surface area contributed by atoms with Crippen molar-refractivity contribution in [3.63, 3.8) is 0 Å². The van der Waals surface area contributed by atoms with Crippen molar-refractivity contribution in [1.82, 2.24) is 20.3 Å². The summed E-state index contributed by atoms with van der Waals surface area (Å²) in [5, 5.41) is 3.06. The Bertz CT molecular complexity index is 1130. The van der Waals surface area contributed by atoms with E-state index in [-0.39, 0.29) is 23.1 Å². The number of hydrogen-bond donors (Lipinski definition) is 2. The van der Waals surface area contributed by atoms with E-state index in [9.17, 15) is 9.18 Å². The predicted octanol–water partition coefficient (Wildman–Crippen LogP) is 4.96. The number of fused-ring (bicyclic) bond motifs is 2. The van der Waals surface area contributed by atoms with E-state index in [0.717, 1.165) is 24.2 Å². The second-order valence-corrected chi connectivity index (χ2v) is 8.80. The lowest BCUT2D eigenvalue weighted by Crippen LogP contribution is -2.45. The Morgan fingerprint density at radius 1 is 1.13 bits per heavy atom. The Kier molecular flexibility index (Phi) is 4.45. The van der Waals surface area contributed by atoms with Crippen molar-refractivity contribution < 1.29 is 9.18 Å². The van der Waals surface area contributed by atoms with Crippen LogP contribution < -0.4 is 5.32 Å². The molecule has 1 spiro atoms. The summed E-state index contributed by atoms with van der Waals surface area (Å²) < 4.78 is 14.5. The Morgan fingerprint density at radius 2 is 1.93 bits per heavy atom. The maximum Gasteiger partial charge on any atom is 0.253 e. The Labute approximate surface area is 175 Å². The maximum atomic E-state index is 14.5. The molecular formula is C24H25FN4O. The molecular weight excluding hydrogens is 379 g/mol. The van der Waals surface area contributed by atoms with E-state index in [0.29, 0.717) is 34.8 Å². The van der Waals surface area contributed by atoms with Crippen LogP contribution >= 0.6 is 0 Å². The van der Waals surface area contributed by atoms with Gasteiger partial charge in [-0.3, -0.25) is 4.79 Å². The standard InChI is InChI=1S/C24H25FN4O/c1-14(2)16-6-5-15(11-18(16)25)22-26-10-7-19(29-22)20-12-17-21(28-20)24(8-3-4-9-24)13-27-23(17)30/h5-7,10-12,14,28H,3-4,8-9,13H2,1-2H3,(H,27,30). The van der Waals surface area contributed by atoms with Crippen LogP contribution in [0.4, 0.5) is 4.39 Å². The van der Waals surface area contributed by atoms with Crippen molar-refractivity contribution in [2.24, 2.45) is 0 Å². The molecule has 0 atom stereocenters. The van der Waals surface area contributed by atoms with Crippen LogP contribution in [0.3, 0.4) is 0 Å². The first kappa shape index (κ1) is 19.0. The van der Waals surface area contributed by atoms with Crippen LogP contribution in [0.5, 0.6) is 0 Å². The number of rotatable bonds is 3. The molecule has 5 nitrogen and oxygen atoms in total. The number of H-pyrrole nitrogens is 1. The van der Waals surface area contributed by atoms with Crippen molar-refractivity contribution in [3.8, 4) is 22.8 Å². The van der Waals surface area contributed by atoms with Gasteiger partial charge in [-0.15, -0.1) is 0 Å². The summed E-state index contributed by atoms with van der Waals surface area (Å²) in [6.45, 7) is 4.63. The van der Waals surface area contributed by atoms with Gasteiger partial charge in [0.05, 0.1) is 17.0 Å². The van der Waals surface area contributed by atoms with E-state index in [1.807, 2.05) is 32.0 Å². The van der Waals surface area contributed by atoms with Crippen molar-refractivity contribution in [3.05, 3.63) is 59.2 Å². The number of carbonyl (C=O) groups is 1. The first-order chi connectivity index (χ1) is 14.5. The van der Waals surface area contributed by atoms with Gasteiger partial charge in [-0.05, 0) is 42.5 Å². The third-order valence-electron chi connectivity index (χ3n) is 6.55. The van der Waals surface area contributed by atoms with Crippen molar-refractivity contribution in [2.45, 2.75) is 50.9 Å². The zero-order valence-corrected chi connectivity index (χ0v) is 17.3. The Morgan fingerprint density at radius 3 is 2.67 bits per heavy atom. The van der Waals surface area contributed by atoms with Crippen LogP contribution in [-0.2, 0) is 5.41 Å². The molecule has 0 unspecified atom stereocenters. The highest BCUT2D eigenvalue weighted by Crippen LogP contribution is 2.44. The average molecular weight is 404 g/mol. The number of benzene rings is 1. The summed E-state index contributed by atoms with van der Waals surface area (Å²) >= 11 is 0. The van der Waals surface area contributed by atoms with Crippen LogP contribution in [0, 0.1) is 5.82 Å². The van der Waals surface area contributed by atoms with Crippen LogP contribution in [0.1, 0.15) is 67.1 Å². The number of nitrogens with zero attached hydrogens (tertiary/aromatic N) is 2. The monoisotopic (exact) mass is 404 g/mol. The summed E-state index contributed by atoms with van der Waals surface area (Å²) in [7, 11) is 0. The van der Waals surface area contributed by atoms with Gasteiger partial charge in [-0.25, -0.2) is 14.4 Å². The fourth-order valence-electron chi connectivity index (χ4n) is 4.88. The quantitative estimate of drug-likeness (QED) is 0.648. The van der Waals surface area contributed by atoms with Gasteiger partial charge in [-0.1, -0.05) is 38.8 Å². The third-order valence-corrected chi connectivity index (χ3v) is 6.55. The molecule has 3 aromatic rings. The second-order valence-electron chi connectivity index (χ2n) is 8.80. The highest BCUT2D eigenvalue weighted by Gasteiger charge is 2.43. The van der Waals surface area contributed by atoms with Gasteiger partial charge in [0.2, 0.25) is 0 Å². The fraction of sp³-hybridized carbons (Fsp3) is 0.375. The summed E-state index contributed by atoms with van der Waals surface area (Å²) in [6, 6.07) is 8.86. The van der Waals surface area contributed by atoms with E-state index in [2.05, 4.69) is 20.3 Å².